The maximum atomic E-state index is 11.6. The minimum Gasteiger partial charge on any atom is -0.289 e. The Balaban J connectivity index is 2.46. The molecule has 0 aliphatic rings. The molecule has 0 bridgehead atoms. The van der Waals surface area contributed by atoms with Crippen LogP contribution in [0.4, 0.5) is 5.69 Å². The molecule has 1 aromatic heterocycles. The number of aromatic amines is 1. The van der Waals surface area contributed by atoms with E-state index in [2.05, 4.69) is 0 Å². The summed E-state index contributed by atoms with van der Waals surface area (Å²) in [5.74, 6) is 0. The van der Waals surface area contributed by atoms with Crippen molar-refractivity contribution in [3.05, 3.63) is 72.0 Å². The fraction of sp³-hybridized carbons (Fsp3) is 0.0909. The first-order valence-corrected chi connectivity index (χ1v) is 5.58. The Bertz CT molecular complexity index is 750. The summed E-state index contributed by atoms with van der Waals surface area (Å²) in [6.45, 7) is 0.0804. The molecule has 0 radical (unpaired) electrons. The van der Waals surface area contributed by atoms with E-state index in [0.29, 0.717) is 10.6 Å². The molecule has 1 heterocycles. The number of rotatable bonds is 3. The molecule has 0 saturated carbocycles. The average molecular weight is 282 g/mol. The first-order valence-electron chi connectivity index (χ1n) is 5.20. The van der Waals surface area contributed by atoms with Crippen LogP contribution in [0.1, 0.15) is 5.56 Å². The molecule has 0 fully saturated rings. The summed E-state index contributed by atoms with van der Waals surface area (Å²) in [6.07, 6.45) is 0.919. The third-order valence-electron chi connectivity index (χ3n) is 2.43. The molecular formula is C11H8ClN3O4. The molecule has 19 heavy (non-hydrogen) atoms. The highest BCUT2D eigenvalue weighted by atomic mass is 35.5. The maximum absolute atomic E-state index is 11.6. The second-order valence-corrected chi connectivity index (χ2v) is 4.22. The molecule has 1 N–H and O–H groups in total. The van der Waals surface area contributed by atoms with Gasteiger partial charge in [0.2, 0.25) is 0 Å². The molecule has 2 rings (SSSR count). The summed E-state index contributed by atoms with van der Waals surface area (Å²) in [4.78, 5) is 34.5. The van der Waals surface area contributed by atoms with Gasteiger partial charge in [-0.1, -0.05) is 23.7 Å². The Hall–Kier alpha value is -2.41. The summed E-state index contributed by atoms with van der Waals surface area (Å²) in [5.41, 5.74) is -1.72. The van der Waals surface area contributed by atoms with Gasteiger partial charge < -0.3 is 0 Å². The lowest BCUT2D eigenvalue weighted by Crippen LogP contribution is -2.31. The van der Waals surface area contributed by atoms with E-state index in [1.165, 1.54) is 0 Å². The molecule has 0 amide bonds. The molecule has 98 valence electrons. The number of aromatic nitrogens is 2. The molecule has 0 atom stereocenters. The van der Waals surface area contributed by atoms with Crippen LogP contribution in [-0.4, -0.2) is 14.5 Å². The largest absolute Gasteiger partial charge is 0.350 e. The summed E-state index contributed by atoms with van der Waals surface area (Å²) in [6, 6.07) is 6.71. The maximum Gasteiger partial charge on any atom is 0.350 e. The van der Waals surface area contributed by atoms with Crippen molar-refractivity contribution >= 4 is 17.3 Å². The molecular weight excluding hydrogens is 274 g/mol. The van der Waals surface area contributed by atoms with Crippen molar-refractivity contribution in [2.24, 2.45) is 0 Å². The molecule has 8 heteroatoms. The van der Waals surface area contributed by atoms with Crippen LogP contribution >= 0.6 is 11.6 Å². The van der Waals surface area contributed by atoms with Gasteiger partial charge in [-0.15, -0.1) is 0 Å². The SMILES string of the molecule is O=c1[nH]c(=O)n(Cc2cccc(Cl)c2)cc1[N+](=O)[O-]. The monoisotopic (exact) mass is 281 g/mol. The number of nitrogens with zero attached hydrogens (tertiary/aromatic N) is 2. The first-order chi connectivity index (χ1) is 8.97. The van der Waals surface area contributed by atoms with E-state index in [1.807, 2.05) is 4.98 Å². The fourth-order valence-corrected chi connectivity index (χ4v) is 1.79. The minimum absolute atomic E-state index is 0.0804. The third-order valence-corrected chi connectivity index (χ3v) is 2.67. The van der Waals surface area contributed by atoms with Crippen LogP contribution in [-0.2, 0) is 6.54 Å². The number of benzene rings is 1. The fourth-order valence-electron chi connectivity index (χ4n) is 1.58. The predicted molar refractivity (Wildman–Crippen MR) is 68.5 cm³/mol. The summed E-state index contributed by atoms with van der Waals surface area (Å²) >= 11 is 5.80. The Morgan fingerprint density at radius 3 is 2.74 bits per heavy atom. The number of halogens is 1. The van der Waals surface area contributed by atoms with Crippen LogP contribution in [0.25, 0.3) is 0 Å². The summed E-state index contributed by atoms with van der Waals surface area (Å²) in [7, 11) is 0. The number of nitrogens with one attached hydrogen (secondary N) is 1. The van der Waals surface area contributed by atoms with Crippen molar-refractivity contribution in [1.29, 1.82) is 0 Å². The average Bonchev–Trinajstić information content (AvgIpc) is 2.32. The molecule has 0 aliphatic carbocycles. The second kappa shape index (κ2) is 5.07. The molecule has 0 spiro atoms. The third kappa shape index (κ3) is 2.89. The van der Waals surface area contributed by atoms with Crippen molar-refractivity contribution < 1.29 is 4.92 Å². The van der Waals surface area contributed by atoms with E-state index in [0.717, 1.165) is 10.8 Å². The van der Waals surface area contributed by atoms with Gasteiger partial charge in [0.1, 0.15) is 0 Å². The standard InChI is InChI=1S/C11H8ClN3O4/c12-8-3-1-2-7(4-8)5-14-6-9(15(18)19)10(16)13-11(14)17/h1-4,6H,5H2,(H,13,16,17). The van der Waals surface area contributed by atoms with Crippen LogP contribution < -0.4 is 11.2 Å². The smallest absolute Gasteiger partial charge is 0.289 e. The van der Waals surface area contributed by atoms with Gasteiger partial charge in [0.15, 0.2) is 0 Å². The van der Waals surface area contributed by atoms with Gasteiger partial charge >= 0.3 is 16.9 Å². The van der Waals surface area contributed by atoms with Gasteiger partial charge in [0.25, 0.3) is 0 Å². The van der Waals surface area contributed by atoms with E-state index in [1.54, 1.807) is 24.3 Å². The van der Waals surface area contributed by atoms with E-state index in [4.69, 9.17) is 11.6 Å². The molecule has 7 nitrogen and oxygen atoms in total. The molecule has 0 saturated heterocycles. The van der Waals surface area contributed by atoms with E-state index in [9.17, 15) is 19.7 Å². The number of hydrogen-bond donors (Lipinski definition) is 1. The van der Waals surface area contributed by atoms with E-state index >= 15 is 0 Å². The Kier molecular flexibility index (Phi) is 3.48. The lowest BCUT2D eigenvalue weighted by Gasteiger charge is -2.05. The minimum atomic E-state index is -1.02. The lowest BCUT2D eigenvalue weighted by atomic mass is 10.2. The quantitative estimate of drug-likeness (QED) is 0.674. The normalized spacial score (nSPS) is 10.4. The van der Waals surface area contributed by atoms with Crippen molar-refractivity contribution in [3.63, 3.8) is 0 Å². The van der Waals surface area contributed by atoms with Crippen LogP contribution in [0.15, 0.2) is 40.1 Å². The highest BCUT2D eigenvalue weighted by Crippen LogP contribution is 2.11. The zero-order valence-corrected chi connectivity index (χ0v) is 10.3. The van der Waals surface area contributed by atoms with Crippen molar-refractivity contribution in [3.8, 4) is 0 Å². The molecule has 0 aliphatic heterocycles. The van der Waals surface area contributed by atoms with Crippen molar-refractivity contribution in [1.82, 2.24) is 9.55 Å². The van der Waals surface area contributed by atoms with Gasteiger partial charge in [-0.2, -0.15) is 0 Å². The van der Waals surface area contributed by atoms with Gasteiger partial charge in [0.05, 0.1) is 17.7 Å². The zero-order valence-electron chi connectivity index (χ0n) is 9.50. The van der Waals surface area contributed by atoms with Crippen molar-refractivity contribution in [2.45, 2.75) is 6.54 Å². The predicted octanol–water partition coefficient (Wildman–Crippen LogP) is 1.15. The second-order valence-electron chi connectivity index (χ2n) is 3.79. The Morgan fingerprint density at radius 1 is 1.37 bits per heavy atom. The van der Waals surface area contributed by atoms with Gasteiger partial charge in [-0.3, -0.25) is 24.5 Å². The van der Waals surface area contributed by atoms with Crippen molar-refractivity contribution in [2.75, 3.05) is 0 Å². The lowest BCUT2D eigenvalue weighted by molar-refractivity contribution is -0.386. The van der Waals surface area contributed by atoms with Crippen LogP contribution in [0, 0.1) is 10.1 Å². The van der Waals surface area contributed by atoms with E-state index in [-0.39, 0.29) is 6.54 Å². The molecule has 0 unspecified atom stereocenters. The topological polar surface area (TPSA) is 98.0 Å². The van der Waals surface area contributed by atoms with Crippen LogP contribution in [0.5, 0.6) is 0 Å². The highest BCUT2D eigenvalue weighted by molar-refractivity contribution is 6.30. The highest BCUT2D eigenvalue weighted by Gasteiger charge is 2.14. The van der Waals surface area contributed by atoms with Crippen LogP contribution in [0.3, 0.4) is 0 Å². The Labute approximate surface area is 111 Å². The van der Waals surface area contributed by atoms with Gasteiger partial charge in [0, 0.05) is 5.02 Å². The Morgan fingerprint density at radius 2 is 2.11 bits per heavy atom. The summed E-state index contributed by atoms with van der Waals surface area (Å²) < 4.78 is 1.05. The first kappa shape index (κ1) is 13.0. The van der Waals surface area contributed by atoms with Crippen LogP contribution in [0.2, 0.25) is 5.02 Å². The number of hydrogen-bond acceptors (Lipinski definition) is 4. The number of nitro groups is 1. The molecule has 2 aromatic rings. The van der Waals surface area contributed by atoms with Gasteiger partial charge in [-0.25, -0.2) is 4.79 Å². The number of H-pyrrole nitrogens is 1. The molecule has 1 aromatic carbocycles. The van der Waals surface area contributed by atoms with Gasteiger partial charge in [-0.05, 0) is 17.7 Å². The summed E-state index contributed by atoms with van der Waals surface area (Å²) in [5, 5.41) is 11.1. The zero-order chi connectivity index (χ0) is 14.0. The van der Waals surface area contributed by atoms with E-state index < -0.39 is 21.9 Å².